The minimum Gasteiger partial charge on any atom is -0.411 e. The molecule has 5 heteroatoms. The molecule has 0 aromatic carbocycles. The summed E-state index contributed by atoms with van der Waals surface area (Å²) in [6.45, 7) is 1.54. The van der Waals surface area contributed by atoms with Crippen LogP contribution in [0.3, 0.4) is 0 Å². The van der Waals surface area contributed by atoms with Crippen LogP contribution < -0.4 is 0 Å². The third kappa shape index (κ3) is 1.53. The zero-order chi connectivity index (χ0) is 8.48. The van der Waals surface area contributed by atoms with Crippen LogP contribution in [0.2, 0.25) is 0 Å². The highest BCUT2D eigenvalue weighted by molar-refractivity contribution is 7.93. The van der Waals surface area contributed by atoms with Gasteiger partial charge >= 0.3 is 0 Å². The molecule has 1 N–H and O–H groups in total. The molecule has 64 valence electrons. The number of rotatable bonds is 1. The average molecular weight is 177 g/mol. The molecule has 4 nitrogen and oxygen atoms in total. The summed E-state index contributed by atoms with van der Waals surface area (Å²) in [5, 5.41) is 10.7. The normalized spacial score (nSPS) is 30.6. The first-order chi connectivity index (χ1) is 5.08. The van der Waals surface area contributed by atoms with Gasteiger partial charge in [-0.25, -0.2) is 8.42 Å². The van der Waals surface area contributed by atoms with Crippen LogP contribution in [-0.4, -0.2) is 30.3 Å². The standard InChI is InChI=1S/C6H11NO3S/c1-5(7-8)6-3-2-4-11(6,9)10/h6,8H,2-4H2,1H3/b7-5+. The van der Waals surface area contributed by atoms with Gasteiger partial charge in [-0.1, -0.05) is 5.16 Å². The second-order valence-corrected chi connectivity index (χ2v) is 5.04. The SMILES string of the molecule is C/C(=N\O)C1CCCS1(=O)=O. The molecule has 0 saturated carbocycles. The quantitative estimate of drug-likeness (QED) is 0.358. The van der Waals surface area contributed by atoms with Gasteiger partial charge in [-0.3, -0.25) is 0 Å². The van der Waals surface area contributed by atoms with Crippen LogP contribution in [-0.2, 0) is 9.84 Å². The summed E-state index contributed by atoms with van der Waals surface area (Å²) in [5.41, 5.74) is 0.308. The summed E-state index contributed by atoms with van der Waals surface area (Å²) >= 11 is 0. The highest BCUT2D eigenvalue weighted by Gasteiger charge is 2.33. The van der Waals surface area contributed by atoms with Crippen molar-refractivity contribution in [3.63, 3.8) is 0 Å². The Morgan fingerprint density at radius 1 is 1.64 bits per heavy atom. The van der Waals surface area contributed by atoms with E-state index in [0.717, 1.165) is 0 Å². The molecule has 0 aromatic heterocycles. The minimum atomic E-state index is -2.99. The van der Waals surface area contributed by atoms with E-state index in [1.165, 1.54) is 6.92 Å². The van der Waals surface area contributed by atoms with Crippen LogP contribution >= 0.6 is 0 Å². The van der Waals surface area contributed by atoms with E-state index >= 15 is 0 Å². The Kier molecular flexibility index (Phi) is 2.17. The Morgan fingerprint density at radius 2 is 2.27 bits per heavy atom. The fraction of sp³-hybridized carbons (Fsp3) is 0.833. The molecule has 0 aromatic rings. The maximum atomic E-state index is 11.2. The maximum Gasteiger partial charge on any atom is 0.158 e. The summed E-state index contributed by atoms with van der Waals surface area (Å²) in [6.07, 6.45) is 1.28. The molecule has 1 rings (SSSR count). The van der Waals surface area contributed by atoms with Crippen LogP contribution in [0, 0.1) is 0 Å². The zero-order valence-electron chi connectivity index (χ0n) is 6.32. The summed E-state index contributed by atoms with van der Waals surface area (Å²) in [6, 6.07) is 0. The van der Waals surface area contributed by atoms with E-state index in [1.807, 2.05) is 0 Å². The Hall–Kier alpha value is -0.580. The van der Waals surface area contributed by atoms with Gasteiger partial charge in [0, 0.05) is 0 Å². The average Bonchev–Trinajstić information content (AvgIpc) is 2.28. The fourth-order valence-electron chi connectivity index (χ4n) is 1.32. The van der Waals surface area contributed by atoms with Gasteiger partial charge in [0.25, 0.3) is 0 Å². The van der Waals surface area contributed by atoms with E-state index in [0.29, 0.717) is 18.6 Å². The smallest absolute Gasteiger partial charge is 0.158 e. The first-order valence-corrected chi connectivity index (χ1v) is 5.19. The lowest BCUT2D eigenvalue weighted by molar-refractivity contribution is 0.317. The van der Waals surface area contributed by atoms with E-state index < -0.39 is 15.1 Å². The second kappa shape index (κ2) is 2.81. The number of nitrogens with zero attached hydrogens (tertiary/aromatic N) is 1. The lowest BCUT2D eigenvalue weighted by atomic mass is 10.2. The van der Waals surface area contributed by atoms with Gasteiger partial charge in [0.1, 0.15) is 5.25 Å². The first-order valence-electron chi connectivity index (χ1n) is 3.48. The van der Waals surface area contributed by atoms with E-state index in [9.17, 15) is 8.42 Å². The number of sulfone groups is 1. The van der Waals surface area contributed by atoms with Crippen LogP contribution in [0.4, 0.5) is 0 Å². The summed E-state index contributed by atoms with van der Waals surface area (Å²) < 4.78 is 22.3. The molecule has 1 unspecified atom stereocenters. The Balaban J connectivity index is 2.91. The molecule has 1 fully saturated rings. The molecule has 0 bridgehead atoms. The molecular formula is C6H11NO3S. The second-order valence-electron chi connectivity index (χ2n) is 2.74. The van der Waals surface area contributed by atoms with Crippen molar-refractivity contribution in [2.45, 2.75) is 25.0 Å². The van der Waals surface area contributed by atoms with Crippen molar-refractivity contribution in [1.29, 1.82) is 0 Å². The summed E-state index contributed by atoms with van der Waals surface area (Å²) in [5.74, 6) is 0.227. The van der Waals surface area contributed by atoms with Crippen molar-refractivity contribution in [3.8, 4) is 0 Å². The predicted octanol–water partition coefficient (Wildman–Crippen LogP) is 0.414. The van der Waals surface area contributed by atoms with E-state index in [4.69, 9.17) is 5.21 Å². The maximum absolute atomic E-state index is 11.2. The summed E-state index contributed by atoms with van der Waals surface area (Å²) in [7, 11) is -2.99. The van der Waals surface area contributed by atoms with Crippen molar-refractivity contribution in [2.75, 3.05) is 5.75 Å². The molecule has 1 heterocycles. The highest BCUT2D eigenvalue weighted by Crippen LogP contribution is 2.20. The van der Waals surface area contributed by atoms with E-state index in [1.54, 1.807) is 0 Å². The third-order valence-corrected chi connectivity index (χ3v) is 4.25. The Bertz CT molecular complexity index is 268. The van der Waals surface area contributed by atoms with Crippen molar-refractivity contribution in [2.24, 2.45) is 5.16 Å². The van der Waals surface area contributed by atoms with Gasteiger partial charge < -0.3 is 5.21 Å². The molecule has 1 saturated heterocycles. The van der Waals surface area contributed by atoms with E-state index in [2.05, 4.69) is 5.16 Å². The topological polar surface area (TPSA) is 66.7 Å². The van der Waals surface area contributed by atoms with Crippen molar-refractivity contribution < 1.29 is 13.6 Å². The fourth-order valence-corrected chi connectivity index (χ4v) is 3.27. The van der Waals surface area contributed by atoms with Gasteiger partial charge in [-0.05, 0) is 19.8 Å². The van der Waals surface area contributed by atoms with Crippen molar-refractivity contribution in [3.05, 3.63) is 0 Å². The number of hydrogen-bond acceptors (Lipinski definition) is 4. The monoisotopic (exact) mass is 177 g/mol. The predicted molar refractivity (Wildman–Crippen MR) is 41.7 cm³/mol. The zero-order valence-corrected chi connectivity index (χ0v) is 7.13. The molecule has 11 heavy (non-hydrogen) atoms. The molecule has 1 atom stereocenters. The molecule has 0 amide bonds. The minimum absolute atomic E-state index is 0.227. The lowest BCUT2D eigenvalue weighted by Gasteiger charge is -2.05. The van der Waals surface area contributed by atoms with Crippen LogP contribution in [0.25, 0.3) is 0 Å². The van der Waals surface area contributed by atoms with Gasteiger partial charge in [0.2, 0.25) is 0 Å². The molecule has 0 aliphatic carbocycles. The molecule has 0 spiro atoms. The lowest BCUT2D eigenvalue weighted by Crippen LogP contribution is -2.23. The highest BCUT2D eigenvalue weighted by atomic mass is 32.2. The summed E-state index contributed by atoms with van der Waals surface area (Å²) in [4.78, 5) is 0. The Morgan fingerprint density at radius 3 is 2.64 bits per heavy atom. The van der Waals surface area contributed by atoms with Gasteiger partial charge in [0.05, 0.1) is 11.5 Å². The first kappa shape index (κ1) is 8.52. The van der Waals surface area contributed by atoms with Gasteiger partial charge in [-0.15, -0.1) is 0 Å². The van der Waals surface area contributed by atoms with Crippen molar-refractivity contribution >= 4 is 15.5 Å². The molecule has 1 aliphatic heterocycles. The number of oxime groups is 1. The van der Waals surface area contributed by atoms with Crippen LogP contribution in [0.1, 0.15) is 19.8 Å². The Labute approximate surface area is 65.8 Å². The van der Waals surface area contributed by atoms with Gasteiger partial charge in [0.15, 0.2) is 9.84 Å². The molecule has 1 aliphatic rings. The van der Waals surface area contributed by atoms with Crippen molar-refractivity contribution in [1.82, 2.24) is 0 Å². The van der Waals surface area contributed by atoms with Crippen LogP contribution in [0.15, 0.2) is 5.16 Å². The third-order valence-electron chi connectivity index (χ3n) is 1.95. The number of hydrogen-bond donors (Lipinski definition) is 1. The molecular weight excluding hydrogens is 166 g/mol. The van der Waals surface area contributed by atoms with Gasteiger partial charge in [-0.2, -0.15) is 0 Å². The molecule has 0 radical (unpaired) electrons. The van der Waals surface area contributed by atoms with Crippen LogP contribution in [0.5, 0.6) is 0 Å². The largest absolute Gasteiger partial charge is 0.411 e. The van der Waals surface area contributed by atoms with E-state index in [-0.39, 0.29) is 5.75 Å².